The van der Waals surface area contributed by atoms with E-state index in [1.54, 1.807) is 12.1 Å². The molecule has 1 aromatic rings. The van der Waals surface area contributed by atoms with Gasteiger partial charge in [0.05, 0.1) is 5.56 Å². The van der Waals surface area contributed by atoms with Crippen LogP contribution in [-0.2, 0) is 6.54 Å². The van der Waals surface area contributed by atoms with E-state index in [0.29, 0.717) is 18.5 Å². The number of carboxylic acid groups (broad SMARTS) is 1. The van der Waals surface area contributed by atoms with Crippen LogP contribution < -0.4 is 10.6 Å². The van der Waals surface area contributed by atoms with E-state index in [4.69, 9.17) is 5.11 Å². The molecule has 0 radical (unpaired) electrons. The number of nitrogens with one attached hydrogen (secondary N) is 2. The second kappa shape index (κ2) is 6.41. The maximum Gasteiger partial charge on any atom is 0.335 e. The zero-order chi connectivity index (χ0) is 14.5. The van der Waals surface area contributed by atoms with Crippen LogP contribution in [0, 0.1) is 5.92 Å². The topological polar surface area (TPSA) is 78.4 Å². The smallest absolute Gasteiger partial charge is 0.335 e. The molecule has 108 valence electrons. The molecule has 5 nitrogen and oxygen atoms in total. The Balaban J connectivity index is 1.72. The monoisotopic (exact) mass is 276 g/mol. The minimum absolute atomic E-state index is 0.157. The Morgan fingerprint density at radius 2 is 2.00 bits per heavy atom. The molecule has 0 spiro atoms. The second-order valence-corrected chi connectivity index (χ2v) is 5.22. The lowest BCUT2D eigenvalue weighted by Gasteiger charge is -2.07. The van der Waals surface area contributed by atoms with Crippen LogP contribution in [0.25, 0.3) is 0 Å². The van der Waals surface area contributed by atoms with E-state index in [1.165, 1.54) is 18.6 Å². The van der Waals surface area contributed by atoms with Crippen LogP contribution in [0.15, 0.2) is 24.3 Å². The van der Waals surface area contributed by atoms with Gasteiger partial charge in [-0.05, 0) is 36.5 Å². The molecule has 0 bridgehead atoms. The fraction of sp³-hybridized carbons (Fsp3) is 0.467. The van der Waals surface area contributed by atoms with E-state index in [9.17, 15) is 9.59 Å². The summed E-state index contributed by atoms with van der Waals surface area (Å²) in [5, 5.41) is 14.5. The largest absolute Gasteiger partial charge is 0.478 e. The van der Waals surface area contributed by atoms with Crippen LogP contribution in [0.2, 0.25) is 0 Å². The van der Waals surface area contributed by atoms with Gasteiger partial charge in [-0.15, -0.1) is 0 Å². The lowest BCUT2D eigenvalue weighted by molar-refractivity contribution is 0.0697. The average Bonchev–Trinajstić information content (AvgIpc) is 3.15. The highest BCUT2D eigenvalue weighted by atomic mass is 16.4. The van der Waals surface area contributed by atoms with Gasteiger partial charge in [0, 0.05) is 12.6 Å². The molecule has 2 amide bonds. The van der Waals surface area contributed by atoms with E-state index in [1.807, 2.05) is 0 Å². The molecule has 1 fully saturated rings. The fourth-order valence-electron chi connectivity index (χ4n) is 2.28. The van der Waals surface area contributed by atoms with Gasteiger partial charge in [-0.1, -0.05) is 25.5 Å². The molecule has 20 heavy (non-hydrogen) atoms. The Morgan fingerprint density at radius 3 is 2.60 bits per heavy atom. The molecule has 1 aliphatic rings. The van der Waals surface area contributed by atoms with Crippen molar-refractivity contribution in [2.45, 2.75) is 38.8 Å². The Labute approximate surface area is 118 Å². The first-order valence-electron chi connectivity index (χ1n) is 6.96. The average molecular weight is 276 g/mol. The molecule has 0 saturated heterocycles. The minimum atomic E-state index is -0.946. The third-order valence-electron chi connectivity index (χ3n) is 3.55. The molecular formula is C15H20N2O3. The summed E-state index contributed by atoms with van der Waals surface area (Å²) in [5.74, 6) is -0.307. The second-order valence-electron chi connectivity index (χ2n) is 5.22. The minimum Gasteiger partial charge on any atom is -0.478 e. The van der Waals surface area contributed by atoms with Crippen LogP contribution >= 0.6 is 0 Å². The summed E-state index contributed by atoms with van der Waals surface area (Å²) in [6, 6.07) is 6.66. The van der Waals surface area contributed by atoms with Crippen LogP contribution in [0.3, 0.4) is 0 Å². The molecule has 0 heterocycles. The lowest BCUT2D eigenvalue weighted by atomic mass is 10.1. The van der Waals surface area contributed by atoms with Crippen molar-refractivity contribution in [3.63, 3.8) is 0 Å². The number of rotatable bonds is 6. The zero-order valence-corrected chi connectivity index (χ0v) is 11.6. The Kier molecular flexibility index (Phi) is 4.61. The number of hydrogen-bond donors (Lipinski definition) is 3. The van der Waals surface area contributed by atoms with Crippen LogP contribution in [0.5, 0.6) is 0 Å². The maximum absolute atomic E-state index is 11.7. The van der Waals surface area contributed by atoms with E-state index < -0.39 is 5.97 Å². The van der Waals surface area contributed by atoms with Crippen LogP contribution in [0.1, 0.15) is 42.1 Å². The van der Waals surface area contributed by atoms with Gasteiger partial charge in [-0.2, -0.15) is 0 Å². The summed E-state index contributed by atoms with van der Waals surface area (Å²) >= 11 is 0. The maximum atomic E-state index is 11.7. The van der Waals surface area contributed by atoms with Crippen molar-refractivity contribution in [1.29, 1.82) is 0 Å². The van der Waals surface area contributed by atoms with E-state index in [0.717, 1.165) is 18.4 Å². The van der Waals surface area contributed by atoms with E-state index in [2.05, 4.69) is 17.6 Å². The first-order valence-corrected chi connectivity index (χ1v) is 6.96. The third-order valence-corrected chi connectivity index (χ3v) is 3.55. The van der Waals surface area contributed by atoms with Crippen molar-refractivity contribution >= 4 is 12.0 Å². The molecule has 0 aliphatic heterocycles. The standard InChI is InChI=1S/C15H20N2O3/c1-2-3-12-8-13(12)17-15(20)16-9-10-4-6-11(7-5-10)14(18)19/h4-7,12-13H,2-3,8-9H2,1H3,(H,18,19)(H2,16,17,20). The number of carboxylic acids is 1. The number of carbonyl (C=O) groups excluding carboxylic acids is 1. The Morgan fingerprint density at radius 1 is 1.30 bits per heavy atom. The van der Waals surface area contributed by atoms with Crippen molar-refractivity contribution in [3.8, 4) is 0 Å². The van der Waals surface area contributed by atoms with Gasteiger partial charge in [0.15, 0.2) is 0 Å². The SMILES string of the molecule is CCCC1CC1NC(=O)NCc1ccc(C(=O)O)cc1. The van der Waals surface area contributed by atoms with Gasteiger partial charge in [0.25, 0.3) is 0 Å². The molecule has 0 aromatic heterocycles. The number of aromatic carboxylic acids is 1. The molecule has 1 aromatic carbocycles. The van der Waals surface area contributed by atoms with E-state index >= 15 is 0 Å². The predicted molar refractivity (Wildman–Crippen MR) is 75.6 cm³/mol. The highest BCUT2D eigenvalue weighted by Gasteiger charge is 2.36. The Hall–Kier alpha value is -2.04. The number of hydrogen-bond acceptors (Lipinski definition) is 2. The third kappa shape index (κ3) is 3.98. The first-order chi connectivity index (χ1) is 9.60. The number of amides is 2. The molecule has 2 rings (SSSR count). The van der Waals surface area contributed by atoms with Crippen molar-refractivity contribution in [3.05, 3.63) is 35.4 Å². The van der Waals surface area contributed by atoms with Crippen molar-refractivity contribution in [2.75, 3.05) is 0 Å². The Bertz CT molecular complexity index is 484. The van der Waals surface area contributed by atoms with Gasteiger partial charge < -0.3 is 15.7 Å². The molecule has 2 unspecified atom stereocenters. The fourth-order valence-corrected chi connectivity index (χ4v) is 2.28. The number of carbonyl (C=O) groups is 2. The van der Waals surface area contributed by atoms with Gasteiger partial charge in [0.1, 0.15) is 0 Å². The molecule has 1 saturated carbocycles. The van der Waals surface area contributed by atoms with Gasteiger partial charge in [-0.3, -0.25) is 0 Å². The first kappa shape index (κ1) is 14.4. The van der Waals surface area contributed by atoms with Crippen molar-refractivity contribution < 1.29 is 14.7 Å². The number of benzene rings is 1. The lowest BCUT2D eigenvalue weighted by Crippen LogP contribution is -2.37. The molecule has 2 atom stereocenters. The summed E-state index contributed by atoms with van der Waals surface area (Å²) in [6.07, 6.45) is 3.40. The number of urea groups is 1. The van der Waals surface area contributed by atoms with Crippen molar-refractivity contribution in [2.24, 2.45) is 5.92 Å². The van der Waals surface area contributed by atoms with E-state index in [-0.39, 0.29) is 11.6 Å². The summed E-state index contributed by atoms with van der Waals surface area (Å²) in [6.45, 7) is 2.55. The quantitative estimate of drug-likeness (QED) is 0.746. The van der Waals surface area contributed by atoms with Crippen LogP contribution in [-0.4, -0.2) is 23.1 Å². The highest BCUT2D eigenvalue weighted by Crippen LogP contribution is 2.34. The van der Waals surface area contributed by atoms with Gasteiger partial charge in [0.2, 0.25) is 0 Å². The molecular weight excluding hydrogens is 256 g/mol. The summed E-state index contributed by atoms with van der Waals surface area (Å²) < 4.78 is 0. The normalized spacial score (nSPS) is 20.2. The van der Waals surface area contributed by atoms with Crippen LogP contribution in [0.4, 0.5) is 4.79 Å². The van der Waals surface area contributed by atoms with Gasteiger partial charge >= 0.3 is 12.0 Å². The summed E-state index contributed by atoms with van der Waals surface area (Å²) in [5.41, 5.74) is 1.13. The predicted octanol–water partition coefficient (Wildman–Crippen LogP) is 2.37. The zero-order valence-electron chi connectivity index (χ0n) is 11.6. The summed E-state index contributed by atoms with van der Waals surface area (Å²) in [4.78, 5) is 22.4. The highest BCUT2D eigenvalue weighted by molar-refractivity contribution is 5.87. The molecule has 5 heteroatoms. The van der Waals surface area contributed by atoms with Crippen molar-refractivity contribution in [1.82, 2.24) is 10.6 Å². The van der Waals surface area contributed by atoms with Gasteiger partial charge in [-0.25, -0.2) is 9.59 Å². The summed E-state index contributed by atoms with van der Waals surface area (Å²) in [7, 11) is 0. The molecule has 1 aliphatic carbocycles. The molecule has 3 N–H and O–H groups in total.